The van der Waals surface area contributed by atoms with Crippen molar-refractivity contribution in [2.24, 2.45) is 5.92 Å². The largest absolute Gasteiger partial charge is 0.259 e. The second-order valence-electron chi connectivity index (χ2n) is 4.27. The Kier molecular flexibility index (Phi) is 2.25. The van der Waals surface area contributed by atoms with Crippen LogP contribution in [-0.4, -0.2) is 4.98 Å². The van der Waals surface area contributed by atoms with Crippen molar-refractivity contribution in [3.63, 3.8) is 0 Å². The molecule has 0 N–H and O–H groups in total. The van der Waals surface area contributed by atoms with Gasteiger partial charge in [0.1, 0.15) is 6.07 Å². The Morgan fingerprint density at radius 3 is 3.00 bits per heavy atom. The maximum absolute atomic E-state index is 8.75. The summed E-state index contributed by atoms with van der Waals surface area (Å²) < 4.78 is 0. The average molecular weight is 186 g/mol. The summed E-state index contributed by atoms with van der Waals surface area (Å²) in [7, 11) is 0. The van der Waals surface area contributed by atoms with Gasteiger partial charge in [-0.15, -0.1) is 0 Å². The number of fused-ring (bicyclic) bond motifs is 1. The predicted molar refractivity (Wildman–Crippen MR) is 54.9 cm³/mol. The molecule has 0 radical (unpaired) electrons. The smallest absolute Gasteiger partial charge is 0.101 e. The maximum Gasteiger partial charge on any atom is 0.101 e. The summed E-state index contributed by atoms with van der Waals surface area (Å²) in [5.74, 6) is 1.24. The summed E-state index contributed by atoms with van der Waals surface area (Å²) in [6.07, 6.45) is 3.97. The zero-order valence-corrected chi connectivity index (χ0v) is 8.62. The minimum Gasteiger partial charge on any atom is -0.259 e. The normalized spacial score (nSPS) is 19.4. The van der Waals surface area contributed by atoms with Crippen LogP contribution in [0.2, 0.25) is 0 Å². The molecular weight excluding hydrogens is 172 g/mol. The number of pyridine rings is 1. The van der Waals surface area contributed by atoms with E-state index in [-0.39, 0.29) is 0 Å². The lowest BCUT2D eigenvalue weighted by Crippen LogP contribution is -2.04. The van der Waals surface area contributed by atoms with Crippen LogP contribution in [0.5, 0.6) is 0 Å². The molecule has 2 rings (SSSR count). The molecule has 0 amide bonds. The number of rotatable bonds is 1. The van der Waals surface area contributed by atoms with E-state index in [1.807, 2.05) is 6.07 Å². The molecule has 1 atom stereocenters. The Morgan fingerprint density at radius 2 is 2.36 bits per heavy atom. The highest BCUT2D eigenvalue weighted by Gasteiger charge is 2.26. The van der Waals surface area contributed by atoms with Crippen molar-refractivity contribution in [1.82, 2.24) is 4.98 Å². The van der Waals surface area contributed by atoms with Crippen molar-refractivity contribution < 1.29 is 0 Å². The molecule has 1 aromatic heterocycles. The first-order valence-electron chi connectivity index (χ1n) is 5.11. The number of hydrogen-bond acceptors (Lipinski definition) is 2. The molecule has 1 aliphatic carbocycles. The molecular formula is C12H14N2. The van der Waals surface area contributed by atoms with Gasteiger partial charge in [-0.3, -0.25) is 4.98 Å². The van der Waals surface area contributed by atoms with Crippen molar-refractivity contribution in [3.05, 3.63) is 29.1 Å². The Balaban J connectivity index is 2.39. The Morgan fingerprint density at radius 1 is 1.57 bits per heavy atom. The first-order chi connectivity index (χ1) is 6.72. The number of aryl methyl sites for hydroxylation is 1. The summed E-state index contributed by atoms with van der Waals surface area (Å²) in [6.45, 7) is 4.47. The highest BCUT2D eigenvalue weighted by atomic mass is 14.7. The van der Waals surface area contributed by atoms with Crippen molar-refractivity contribution >= 4 is 0 Å². The van der Waals surface area contributed by atoms with Gasteiger partial charge < -0.3 is 0 Å². The third-order valence-electron chi connectivity index (χ3n) is 3.01. The van der Waals surface area contributed by atoms with Crippen molar-refractivity contribution in [2.75, 3.05) is 0 Å². The van der Waals surface area contributed by atoms with Crippen LogP contribution in [0.15, 0.2) is 12.3 Å². The van der Waals surface area contributed by atoms with Gasteiger partial charge in [0.25, 0.3) is 0 Å². The number of hydrogen-bond donors (Lipinski definition) is 0. The van der Waals surface area contributed by atoms with Crippen LogP contribution in [0.1, 0.15) is 43.0 Å². The van der Waals surface area contributed by atoms with Crippen LogP contribution in [0.25, 0.3) is 0 Å². The van der Waals surface area contributed by atoms with E-state index in [0.29, 0.717) is 17.4 Å². The fourth-order valence-corrected chi connectivity index (χ4v) is 2.21. The lowest BCUT2D eigenvalue weighted by atomic mass is 9.93. The molecule has 1 aliphatic rings. The van der Waals surface area contributed by atoms with E-state index in [1.165, 1.54) is 17.7 Å². The minimum absolute atomic E-state index is 0.595. The van der Waals surface area contributed by atoms with Gasteiger partial charge in [0, 0.05) is 17.8 Å². The fourth-order valence-electron chi connectivity index (χ4n) is 2.21. The van der Waals surface area contributed by atoms with Crippen molar-refractivity contribution in [1.29, 1.82) is 5.26 Å². The molecule has 0 spiro atoms. The average Bonchev–Trinajstić information content (AvgIpc) is 2.59. The Labute approximate surface area is 84.6 Å². The molecule has 14 heavy (non-hydrogen) atoms. The van der Waals surface area contributed by atoms with Gasteiger partial charge in [0.2, 0.25) is 0 Å². The highest BCUT2D eigenvalue weighted by molar-refractivity contribution is 5.37. The molecule has 1 unspecified atom stereocenters. The molecule has 0 saturated carbocycles. The summed E-state index contributed by atoms with van der Waals surface area (Å²) >= 11 is 0. The van der Waals surface area contributed by atoms with E-state index in [1.54, 1.807) is 6.20 Å². The summed E-state index contributed by atoms with van der Waals surface area (Å²) in [6, 6.07) is 4.13. The van der Waals surface area contributed by atoms with Gasteiger partial charge in [-0.05, 0) is 30.4 Å². The first kappa shape index (κ1) is 9.21. The molecule has 1 heterocycles. The van der Waals surface area contributed by atoms with Crippen LogP contribution < -0.4 is 0 Å². The van der Waals surface area contributed by atoms with Crippen LogP contribution >= 0.6 is 0 Å². The number of nitrogens with zero attached hydrogens (tertiary/aromatic N) is 2. The molecule has 2 heteroatoms. The summed E-state index contributed by atoms with van der Waals surface area (Å²) in [5, 5.41) is 8.75. The van der Waals surface area contributed by atoms with Gasteiger partial charge in [-0.2, -0.15) is 5.26 Å². The van der Waals surface area contributed by atoms with Crippen molar-refractivity contribution in [3.8, 4) is 6.07 Å². The molecule has 0 saturated heterocycles. The monoisotopic (exact) mass is 186 g/mol. The number of nitriles is 1. The van der Waals surface area contributed by atoms with E-state index >= 15 is 0 Å². The van der Waals surface area contributed by atoms with E-state index < -0.39 is 0 Å². The van der Waals surface area contributed by atoms with Crippen LogP contribution in [-0.2, 0) is 6.42 Å². The van der Waals surface area contributed by atoms with Gasteiger partial charge in [-0.25, -0.2) is 0 Å². The highest BCUT2D eigenvalue weighted by Crippen LogP contribution is 2.36. The standard InChI is InChI=1S/C12H14N2/c1-8(2)11-4-3-10-5-9(6-13)7-14-12(10)11/h5,7-8,11H,3-4H2,1-2H3. The quantitative estimate of drug-likeness (QED) is 0.676. The van der Waals surface area contributed by atoms with E-state index in [4.69, 9.17) is 5.26 Å². The summed E-state index contributed by atoms with van der Waals surface area (Å²) in [5.41, 5.74) is 3.19. The van der Waals surface area contributed by atoms with E-state index in [0.717, 1.165) is 6.42 Å². The summed E-state index contributed by atoms with van der Waals surface area (Å²) in [4.78, 5) is 4.41. The zero-order chi connectivity index (χ0) is 10.1. The molecule has 0 aromatic carbocycles. The van der Waals surface area contributed by atoms with Gasteiger partial charge in [-0.1, -0.05) is 13.8 Å². The zero-order valence-electron chi connectivity index (χ0n) is 8.62. The van der Waals surface area contributed by atoms with Gasteiger partial charge >= 0.3 is 0 Å². The number of aromatic nitrogens is 1. The van der Waals surface area contributed by atoms with Crippen LogP contribution in [0.3, 0.4) is 0 Å². The fraction of sp³-hybridized carbons (Fsp3) is 0.500. The third kappa shape index (κ3) is 1.39. The Bertz CT molecular complexity index is 388. The van der Waals surface area contributed by atoms with Crippen LogP contribution in [0, 0.1) is 17.2 Å². The molecule has 0 bridgehead atoms. The van der Waals surface area contributed by atoms with E-state index in [2.05, 4.69) is 24.9 Å². The lowest BCUT2D eigenvalue weighted by molar-refractivity contribution is 0.487. The lowest BCUT2D eigenvalue weighted by Gasteiger charge is -2.14. The predicted octanol–water partition coefficient (Wildman–Crippen LogP) is 2.64. The van der Waals surface area contributed by atoms with Crippen molar-refractivity contribution in [2.45, 2.75) is 32.6 Å². The molecule has 72 valence electrons. The molecule has 2 nitrogen and oxygen atoms in total. The SMILES string of the molecule is CC(C)C1CCc2cc(C#N)cnc21. The second-order valence-corrected chi connectivity index (χ2v) is 4.27. The third-order valence-corrected chi connectivity index (χ3v) is 3.01. The molecule has 1 aromatic rings. The first-order valence-corrected chi connectivity index (χ1v) is 5.11. The van der Waals surface area contributed by atoms with Gasteiger partial charge in [0.15, 0.2) is 0 Å². The van der Waals surface area contributed by atoms with Gasteiger partial charge in [0.05, 0.1) is 5.56 Å². The Hall–Kier alpha value is -1.36. The second kappa shape index (κ2) is 3.42. The minimum atomic E-state index is 0.595. The topological polar surface area (TPSA) is 36.7 Å². The molecule has 0 aliphatic heterocycles. The maximum atomic E-state index is 8.75. The van der Waals surface area contributed by atoms with Crippen LogP contribution in [0.4, 0.5) is 0 Å². The van der Waals surface area contributed by atoms with E-state index in [9.17, 15) is 0 Å². The molecule has 0 fully saturated rings.